The molecule has 1 amide bonds. The maximum Gasteiger partial charge on any atom is 0.230 e. The second-order valence-electron chi connectivity index (χ2n) is 6.21. The van der Waals surface area contributed by atoms with Crippen molar-refractivity contribution in [2.45, 2.75) is 25.2 Å². The van der Waals surface area contributed by atoms with Crippen molar-refractivity contribution in [1.29, 1.82) is 0 Å². The Bertz CT molecular complexity index is 1060. The van der Waals surface area contributed by atoms with Gasteiger partial charge in [0.05, 0.1) is 16.3 Å². The summed E-state index contributed by atoms with van der Waals surface area (Å²) in [5, 5.41) is 18.5. The van der Waals surface area contributed by atoms with Crippen LogP contribution in [0, 0.1) is 0 Å². The first kappa shape index (κ1) is 19.4. The highest BCUT2D eigenvalue weighted by molar-refractivity contribution is 7.99. The predicted octanol–water partition coefficient (Wildman–Crippen LogP) is 3.62. The number of hydrogen-bond acceptors (Lipinski definition) is 6. The highest BCUT2D eigenvalue weighted by Gasteiger charge is 2.15. The molecule has 0 saturated carbocycles. The minimum Gasteiger partial charge on any atom is -0.351 e. The number of thioether (sulfide) groups is 1. The third-order valence-corrected chi connectivity index (χ3v) is 6.13. The highest BCUT2D eigenvalue weighted by Crippen LogP contribution is 2.27. The summed E-state index contributed by atoms with van der Waals surface area (Å²) in [6, 6.07) is 13.9. The molecule has 0 radical (unpaired) electrons. The van der Waals surface area contributed by atoms with Crippen molar-refractivity contribution in [1.82, 2.24) is 29.9 Å². The minimum absolute atomic E-state index is 0.0329. The van der Waals surface area contributed by atoms with E-state index in [0.29, 0.717) is 12.3 Å². The fraction of sp³-hybridized carbons (Fsp3) is 0.200. The summed E-state index contributed by atoms with van der Waals surface area (Å²) in [5.74, 6) is 1.12. The van der Waals surface area contributed by atoms with E-state index in [1.165, 1.54) is 11.8 Å². The lowest BCUT2D eigenvalue weighted by Gasteiger charge is -2.08. The molecule has 3 aromatic heterocycles. The number of rotatable bonds is 8. The number of nitrogens with zero attached hydrogens (tertiary/aromatic N) is 5. The Labute approximate surface area is 176 Å². The molecule has 4 aromatic rings. The van der Waals surface area contributed by atoms with Crippen LogP contribution < -0.4 is 5.32 Å². The van der Waals surface area contributed by atoms with Crippen molar-refractivity contribution in [2.75, 3.05) is 5.75 Å². The van der Waals surface area contributed by atoms with E-state index < -0.39 is 0 Å². The SMILES string of the molecule is CCn1c(SCC(=O)NCc2ccc(-n3cccn3)cc2)nnc1-c1cccs1. The first-order valence-corrected chi connectivity index (χ1v) is 11.1. The van der Waals surface area contributed by atoms with Crippen LogP contribution in [-0.2, 0) is 17.9 Å². The average molecular weight is 425 g/mol. The van der Waals surface area contributed by atoms with Crippen LogP contribution in [0.15, 0.2) is 65.4 Å². The van der Waals surface area contributed by atoms with E-state index in [4.69, 9.17) is 0 Å². The van der Waals surface area contributed by atoms with Crippen LogP contribution >= 0.6 is 23.1 Å². The van der Waals surface area contributed by atoms with Gasteiger partial charge in [0.25, 0.3) is 0 Å². The summed E-state index contributed by atoms with van der Waals surface area (Å²) in [6.45, 7) is 3.30. The molecule has 0 aliphatic carbocycles. The van der Waals surface area contributed by atoms with Crippen LogP contribution in [0.4, 0.5) is 0 Å². The van der Waals surface area contributed by atoms with Crippen molar-refractivity contribution in [2.24, 2.45) is 0 Å². The zero-order chi connectivity index (χ0) is 20.1. The Morgan fingerprint density at radius 1 is 1.17 bits per heavy atom. The average Bonchev–Trinajstić information content (AvgIpc) is 3.52. The van der Waals surface area contributed by atoms with Gasteiger partial charge in [-0.05, 0) is 42.1 Å². The summed E-state index contributed by atoms with van der Waals surface area (Å²) in [4.78, 5) is 13.4. The maximum atomic E-state index is 12.3. The molecular formula is C20H20N6OS2. The number of benzene rings is 1. The molecule has 0 spiro atoms. The smallest absolute Gasteiger partial charge is 0.230 e. The molecule has 7 nitrogen and oxygen atoms in total. The van der Waals surface area contributed by atoms with Gasteiger partial charge in [-0.25, -0.2) is 4.68 Å². The molecule has 0 aliphatic heterocycles. The van der Waals surface area contributed by atoms with Crippen molar-refractivity contribution in [3.63, 3.8) is 0 Å². The lowest BCUT2D eigenvalue weighted by atomic mass is 10.2. The van der Waals surface area contributed by atoms with E-state index in [1.54, 1.807) is 22.2 Å². The van der Waals surface area contributed by atoms with E-state index in [0.717, 1.165) is 33.7 Å². The molecule has 0 atom stereocenters. The Balaban J connectivity index is 1.30. The number of carbonyl (C=O) groups is 1. The fourth-order valence-electron chi connectivity index (χ4n) is 2.84. The summed E-state index contributed by atoms with van der Waals surface area (Å²) in [6.07, 6.45) is 3.64. The van der Waals surface area contributed by atoms with Crippen molar-refractivity contribution >= 4 is 29.0 Å². The van der Waals surface area contributed by atoms with Gasteiger partial charge in [0.1, 0.15) is 0 Å². The van der Waals surface area contributed by atoms with E-state index >= 15 is 0 Å². The number of hydrogen-bond donors (Lipinski definition) is 1. The van der Waals surface area contributed by atoms with Gasteiger partial charge in [-0.15, -0.1) is 21.5 Å². The highest BCUT2D eigenvalue weighted by atomic mass is 32.2. The van der Waals surface area contributed by atoms with E-state index in [1.807, 2.05) is 58.6 Å². The fourth-order valence-corrected chi connectivity index (χ4v) is 4.39. The van der Waals surface area contributed by atoms with Crippen LogP contribution in [0.5, 0.6) is 0 Å². The monoisotopic (exact) mass is 424 g/mol. The zero-order valence-electron chi connectivity index (χ0n) is 15.9. The quantitative estimate of drug-likeness (QED) is 0.437. The molecular weight excluding hydrogens is 404 g/mol. The summed E-state index contributed by atoms with van der Waals surface area (Å²) < 4.78 is 3.84. The summed E-state index contributed by atoms with van der Waals surface area (Å²) in [7, 11) is 0. The molecule has 0 fully saturated rings. The number of aromatic nitrogens is 5. The Morgan fingerprint density at radius 2 is 2.03 bits per heavy atom. The normalized spacial score (nSPS) is 10.9. The van der Waals surface area contributed by atoms with Gasteiger partial charge in [-0.1, -0.05) is 30.0 Å². The lowest BCUT2D eigenvalue weighted by molar-refractivity contribution is -0.118. The largest absolute Gasteiger partial charge is 0.351 e. The molecule has 0 saturated heterocycles. The van der Waals surface area contributed by atoms with Gasteiger partial charge in [0, 0.05) is 25.5 Å². The maximum absolute atomic E-state index is 12.3. The van der Waals surface area contributed by atoms with E-state index in [-0.39, 0.29) is 5.91 Å². The molecule has 29 heavy (non-hydrogen) atoms. The first-order valence-electron chi connectivity index (χ1n) is 9.20. The number of carbonyl (C=O) groups excluding carboxylic acids is 1. The summed E-state index contributed by atoms with van der Waals surface area (Å²) in [5.41, 5.74) is 2.03. The number of thiophene rings is 1. The zero-order valence-corrected chi connectivity index (χ0v) is 17.5. The Kier molecular flexibility index (Phi) is 6.06. The molecule has 0 bridgehead atoms. The third kappa shape index (κ3) is 4.57. The minimum atomic E-state index is -0.0329. The molecule has 0 aliphatic rings. The van der Waals surface area contributed by atoms with Crippen LogP contribution in [-0.4, -0.2) is 36.2 Å². The second kappa shape index (κ2) is 9.06. The van der Waals surface area contributed by atoms with Crippen LogP contribution in [0.25, 0.3) is 16.4 Å². The molecule has 0 unspecified atom stereocenters. The summed E-state index contributed by atoms with van der Waals surface area (Å²) >= 11 is 3.04. The third-order valence-electron chi connectivity index (χ3n) is 4.30. The van der Waals surface area contributed by atoms with Crippen LogP contribution in [0.2, 0.25) is 0 Å². The molecule has 1 N–H and O–H groups in total. The predicted molar refractivity (Wildman–Crippen MR) is 115 cm³/mol. The topological polar surface area (TPSA) is 77.6 Å². The number of amides is 1. The van der Waals surface area contributed by atoms with Gasteiger partial charge in [0.2, 0.25) is 5.91 Å². The first-order chi connectivity index (χ1) is 14.2. The molecule has 148 valence electrons. The molecule has 1 aromatic carbocycles. The van der Waals surface area contributed by atoms with Gasteiger partial charge in [-0.2, -0.15) is 5.10 Å². The van der Waals surface area contributed by atoms with Crippen molar-refractivity contribution < 1.29 is 4.79 Å². The van der Waals surface area contributed by atoms with Gasteiger partial charge in [-0.3, -0.25) is 4.79 Å². The van der Waals surface area contributed by atoms with Gasteiger partial charge >= 0.3 is 0 Å². The van der Waals surface area contributed by atoms with Crippen LogP contribution in [0.3, 0.4) is 0 Å². The lowest BCUT2D eigenvalue weighted by Crippen LogP contribution is -2.24. The van der Waals surface area contributed by atoms with E-state index in [9.17, 15) is 4.79 Å². The van der Waals surface area contributed by atoms with Crippen molar-refractivity contribution in [3.05, 3.63) is 65.8 Å². The standard InChI is InChI=1S/C20H20N6OS2/c1-2-25-19(17-5-3-12-28-17)23-24-20(25)29-14-18(27)21-13-15-6-8-16(9-7-15)26-11-4-10-22-26/h3-12H,2,13-14H2,1H3,(H,21,27). The van der Waals surface area contributed by atoms with E-state index in [2.05, 4.69) is 27.5 Å². The Hall–Kier alpha value is -2.91. The van der Waals surface area contributed by atoms with Gasteiger partial charge < -0.3 is 9.88 Å². The van der Waals surface area contributed by atoms with Crippen LogP contribution in [0.1, 0.15) is 12.5 Å². The number of nitrogens with one attached hydrogen (secondary N) is 1. The Morgan fingerprint density at radius 3 is 2.72 bits per heavy atom. The molecule has 3 heterocycles. The molecule has 4 rings (SSSR count). The second-order valence-corrected chi connectivity index (χ2v) is 8.10. The van der Waals surface area contributed by atoms with Gasteiger partial charge in [0.15, 0.2) is 11.0 Å². The van der Waals surface area contributed by atoms with Crippen molar-refractivity contribution in [3.8, 4) is 16.4 Å². The molecule has 9 heteroatoms.